The van der Waals surface area contributed by atoms with Gasteiger partial charge in [0.2, 0.25) is 0 Å². The summed E-state index contributed by atoms with van der Waals surface area (Å²) in [5.74, 6) is 0. The number of aliphatic hydroxyl groups is 1. The van der Waals surface area contributed by atoms with Crippen LogP contribution in [0.15, 0.2) is 12.4 Å². The van der Waals surface area contributed by atoms with Gasteiger partial charge in [0.25, 0.3) is 0 Å². The molecule has 0 aliphatic heterocycles. The molecule has 1 aromatic rings. The van der Waals surface area contributed by atoms with Crippen LogP contribution in [0.3, 0.4) is 0 Å². The van der Waals surface area contributed by atoms with Gasteiger partial charge in [-0.1, -0.05) is 0 Å². The Kier molecular flexibility index (Phi) is 4.78. The summed E-state index contributed by atoms with van der Waals surface area (Å²) in [5, 5.41) is 16.4. The minimum absolute atomic E-state index is 0.236. The number of hydrogen-bond acceptors (Lipinski definition) is 3. The van der Waals surface area contributed by atoms with Gasteiger partial charge in [0, 0.05) is 37.0 Å². The number of nitrogens with one attached hydrogen (secondary N) is 1. The van der Waals surface area contributed by atoms with E-state index >= 15 is 0 Å². The van der Waals surface area contributed by atoms with E-state index in [4.69, 9.17) is 5.11 Å². The Balaban J connectivity index is 2.37. The molecule has 0 aliphatic rings. The van der Waals surface area contributed by atoms with Crippen LogP contribution in [-0.4, -0.2) is 27.5 Å². The summed E-state index contributed by atoms with van der Waals surface area (Å²) in [6.07, 6.45) is 4.74. The summed E-state index contributed by atoms with van der Waals surface area (Å²) in [5.41, 5.74) is 1.19. The summed E-state index contributed by atoms with van der Waals surface area (Å²) in [4.78, 5) is 0. The summed E-state index contributed by atoms with van der Waals surface area (Å²) < 4.78 is 1.95. The van der Waals surface area contributed by atoms with E-state index in [0.29, 0.717) is 12.1 Å². The van der Waals surface area contributed by atoms with Crippen LogP contribution in [0, 0.1) is 0 Å². The molecular weight excluding hydrogens is 190 g/mol. The van der Waals surface area contributed by atoms with E-state index in [9.17, 15) is 0 Å². The molecule has 4 nitrogen and oxygen atoms in total. The molecule has 0 amide bonds. The monoisotopic (exact) mass is 211 g/mol. The first kappa shape index (κ1) is 12.2. The summed E-state index contributed by atoms with van der Waals surface area (Å²) in [7, 11) is 0. The fourth-order valence-electron chi connectivity index (χ4n) is 1.34. The highest BCUT2D eigenvalue weighted by atomic mass is 16.3. The maximum Gasteiger partial charge on any atom is 0.0534 e. The Labute approximate surface area is 91.3 Å². The first-order valence-corrected chi connectivity index (χ1v) is 5.50. The topological polar surface area (TPSA) is 50.1 Å². The van der Waals surface area contributed by atoms with Crippen molar-refractivity contribution >= 4 is 0 Å². The Hall–Kier alpha value is -0.870. The van der Waals surface area contributed by atoms with Crippen LogP contribution < -0.4 is 5.32 Å². The minimum atomic E-state index is 0.236. The summed E-state index contributed by atoms with van der Waals surface area (Å²) >= 11 is 0. The van der Waals surface area contributed by atoms with E-state index in [1.165, 1.54) is 5.56 Å². The highest BCUT2D eigenvalue weighted by molar-refractivity contribution is 5.03. The molecule has 1 unspecified atom stereocenters. The standard InChI is InChI=1S/C11H21N3O/c1-9(2)14-8-11(7-13-14)6-12-10(3)4-5-15/h7-10,12,15H,4-6H2,1-3H3. The quantitative estimate of drug-likeness (QED) is 0.746. The Morgan fingerprint density at radius 3 is 2.73 bits per heavy atom. The molecule has 2 N–H and O–H groups in total. The van der Waals surface area contributed by atoms with Crippen molar-refractivity contribution in [3.63, 3.8) is 0 Å². The van der Waals surface area contributed by atoms with Gasteiger partial charge in [-0.3, -0.25) is 4.68 Å². The molecule has 1 heterocycles. The third-order valence-electron chi connectivity index (χ3n) is 2.40. The van der Waals surface area contributed by atoms with Crippen LogP contribution in [0.5, 0.6) is 0 Å². The summed E-state index contributed by atoms with van der Waals surface area (Å²) in [6, 6.07) is 0.756. The van der Waals surface area contributed by atoms with Crippen LogP contribution in [0.1, 0.15) is 38.8 Å². The van der Waals surface area contributed by atoms with Crippen molar-refractivity contribution in [3.8, 4) is 0 Å². The normalized spacial score (nSPS) is 13.4. The van der Waals surface area contributed by atoms with E-state index in [1.54, 1.807) is 0 Å². The second-order valence-corrected chi connectivity index (χ2v) is 4.22. The predicted molar refractivity (Wildman–Crippen MR) is 60.6 cm³/mol. The van der Waals surface area contributed by atoms with Crippen molar-refractivity contribution in [1.82, 2.24) is 15.1 Å². The van der Waals surface area contributed by atoms with Crippen molar-refractivity contribution in [3.05, 3.63) is 18.0 Å². The molecule has 86 valence electrons. The van der Waals surface area contributed by atoms with E-state index in [2.05, 4.69) is 37.4 Å². The van der Waals surface area contributed by atoms with Gasteiger partial charge >= 0.3 is 0 Å². The lowest BCUT2D eigenvalue weighted by Gasteiger charge is -2.10. The molecule has 0 spiro atoms. The average Bonchev–Trinajstić information content (AvgIpc) is 2.63. The van der Waals surface area contributed by atoms with Gasteiger partial charge in [0.05, 0.1) is 6.20 Å². The Morgan fingerprint density at radius 2 is 2.20 bits per heavy atom. The smallest absolute Gasteiger partial charge is 0.0534 e. The maximum absolute atomic E-state index is 8.75. The van der Waals surface area contributed by atoms with Gasteiger partial charge in [-0.05, 0) is 27.2 Å². The molecule has 4 heteroatoms. The molecule has 1 atom stereocenters. The van der Waals surface area contributed by atoms with Crippen LogP contribution >= 0.6 is 0 Å². The molecule has 0 radical (unpaired) electrons. The molecule has 0 fully saturated rings. The molecular formula is C11H21N3O. The van der Waals surface area contributed by atoms with Crippen molar-refractivity contribution in [1.29, 1.82) is 0 Å². The Bertz CT molecular complexity index is 283. The van der Waals surface area contributed by atoms with Crippen molar-refractivity contribution in [2.24, 2.45) is 0 Å². The zero-order valence-corrected chi connectivity index (χ0v) is 9.77. The van der Waals surface area contributed by atoms with Crippen molar-refractivity contribution in [2.75, 3.05) is 6.61 Å². The molecule has 0 bridgehead atoms. The van der Waals surface area contributed by atoms with E-state index in [0.717, 1.165) is 13.0 Å². The van der Waals surface area contributed by atoms with Gasteiger partial charge < -0.3 is 10.4 Å². The minimum Gasteiger partial charge on any atom is -0.396 e. The average molecular weight is 211 g/mol. The second kappa shape index (κ2) is 5.88. The number of aromatic nitrogens is 2. The van der Waals surface area contributed by atoms with Crippen LogP contribution in [0.2, 0.25) is 0 Å². The van der Waals surface area contributed by atoms with Crippen LogP contribution in [-0.2, 0) is 6.54 Å². The lowest BCUT2D eigenvalue weighted by Crippen LogP contribution is -2.26. The Morgan fingerprint density at radius 1 is 1.47 bits per heavy atom. The molecule has 0 saturated heterocycles. The number of hydrogen-bond donors (Lipinski definition) is 2. The largest absolute Gasteiger partial charge is 0.396 e. The number of rotatable bonds is 6. The van der Waals surface area contributed by atoms with Crippen LogP contribution in [0.4, 0.5) is 0 Å². The second-order valence-electron chi connectivity index (χ2n) is 4.22. The molecule has 0 aliphatic carbocycles. The highest BCUT2D eigenvalue weighted by Gasteiger charge is 2.03. The van der Waals surface area contributed by atoms with Gasteiger partial charge in [0.1, 0.15) is 0 Å². The summed E-state index contributed by atoms with van der Waals surface area (Å²) in [6.45, 7) is 7.34. The molecule has 1 aromatic heterocycles. The zero-order valence-electron chi connectivity index (χ0n) is 9.77. The molecule has 0 aromatic carbocycles. The van der Waals surface area contributed by atoms with Gasteiger partial charge in [-0.2, -0.15) is 5.10 Å². The molecule has 0 saturated carbocycles. The SMILES string of the molecule is CC(CCO)NCc1cnn(C(C)C)c1. The lowest BCUT2D eigenvalue weighted by atomic mass is 10.2. The van der Waals surface area contributed by atoms with Crippen molar-refractivity contribution < 1.29 is 5.11 Å². The lowest BCUT2D eigenvalue weighted by molar-refractivity contribution is 0.268. The van der Waals surface area contributed by atoms with E-state index in [-0.39, 0.29) is 6.61 Å². The van der Waals surface area contributed by atoms with E-state index < -0.39 is 0 Å². The first-order chi connectivity index (χ1) is 7.13. The molecule has 15 heavy (non-hydrogen) atoms. The van der Waals surface area contributed by atoms with Crippen molar-refractivity contribution in [2.45, 2.75) is 45.8 Å². The molecule has 1 rings (SSSR count). The third kappa shape index (κ3) is 4.01. The highest BCUT2D eigenvalue weighted by Crippen LogP contribution is 2.05. The fourth-order valence-corrected chi connectivity index (χ4v) is 1.34. The maximum atomic E-state index is 8.75. The van der Waals surface area contributed by atoms with Gasteiger partial charge in [-0.25, -0.2) is 0 Å². The van der Waals surface area contributed by atoms with Gasteiger partial charge in [0.15, 0.2) is 0 Å². The fraction of sp³-hybridized carbons (Fsp3) is 0.727. The number of aliphatic hydroxyl groups excluding tert-OH is 1. The first-order valence-electron chi connectivity index (χ1n) is 5.50. The van der Waals surface area contributed by atoms with Crippen LogP contribution in [0.25, 0.3) is 0 Å². The number of nitrogens with zero attached hydrogens (tertiary/aromatic N) is 2. The third-order valence-corrected chi connectivity index (χ3v) is 2.40. The van der Waals surface area contributed by atoms with E-state index in [1.807, 2.05) is 10.9 Å². The van der Waals surface area contributed by atoms with Gasteiger partial charge in [-0.15, -0.1) is 0 Å². The predicted octanol–water partition coefficient (Wildman–Crippen LogP) is 1.32. The zero-order chi connectivity index (χ0) is 11.3.